The molecule has 1 saturated carbocycles. The van der Waals surface area contributed by atoms with Crippen molar-refractivity contribution in [2.45, 2.75) is 25.9 Å². The number of ether oxygens (including phenoxy) is 3. The molecule has 0 amide bonds. The fourth-order valence-corrected chi connectivity index (χ4v) is 4.95. The van der Waals surface area contributed by atoms with Gasteiger partial charge in [0.25, 0.3) is 0 Å². The summed E-state index contributed by atoms with van der Waals surface area (Å²) in [4.78, 5) is 51.5. The Morgan fingerprint density at radius 2 is 1.88 bits per heavy atom. The van der Waals surface area contributed by atoms with Crippen LogP contribution in [0.4, 0.5) is 0 Å². The molecule has 2 heterocycles. The van der Waals surface area contributed by atoms with Crippen LogP contribution in [-0.2, 0) is 23.9 Å². The number of benzene rings is 1. The van der Waals surface area contributed by atoms with E-state index in [2.05, 4.69) is 0 Å². The Kier molecular flexibility index (Phi) is 3.32. The maximum Gasteiger partial charge on any atom is 0.325 e. The number of hydrogen-bond donors (Lipinski definition) is 0. The second kappa shape index (κ2) is 5.16. The quantitative estimate of drug-likeness (QED) is 0.579. The zero-order valence-electron chi connectivity index (χ0n) is 14.8. The van der Waals surface area contributed by atoms with E-state index in [1.807, 2.05) is 0 Å². The van der Waals surface area contributed by atoms with Gasteiger partial charge in [0.15, 0.2) is 23.1 Å². The van der Waals surface area contributed by atoms with Crippen molar-refractivity contribution in [1.82, 2.24) is 0 Å². The number of hydrogen-bond acceptors (Lipinski definition) is 7. The molecule has 5 rings (SSSR count). The van der Waals surface area contributed by atoms with Crippen LogP contribution in [-0.4, -0.2) is 43.8 Å². The average molecular weight is 358 g/mol. The number of carbonyl (C=O) groups excluding carboxylic acids is 4. The molecule has 3 fully saturated rings. The third kappa shape index (κ3) is 1.63. The molecule has 5 atom stereocenters. The first-order valence-electron chi connectivity index (χ1n) is 8.36. The lowest BCUT2D eigenvalue weighted by Crippen LogP contribution is -2.68. The third-order valence-corrected chi connectivity index (χ3v) is 6.12. The second-order valence-corrected chi connectivity index (χ2v) is 7.09. The zero-order chi connectivity index (χ0) is 19.0. The molecule has 2 bridgehead atoms. The minimum Gasteiger partial charge on any atom is -0.497 e. The highest BCUT2D eigenvalue weighted by Crippen LogP contribution is 2.62. The molecule has 136 valence electrons. The normalized spacial score (nSPS) is 34.2. The summed E-state index contributed by atoms with van der Waals surface area (Å²) >= 11 is 0. The van der Waals surface area contributed by atoms with Crippen molar-refractivity contribution in [2.75, 3.05) is 14.2 Å². The molecule has 0 unspecified atom stereocenters. The van der Waals surface area contributed by atoms with Gasteiger partial charge in [0, 0.05) is 17.4 Å². The lowest BCUT2D eigenvalue weighted by molar-refractivity contribution is -0.209. The lowest BCUT2D eigenvalue weighted by atomic mass is 9.53. The Morgan fingerprint density at radius 3 is 2.50 bits per heavy atom. The number of Topliss-reactive ketones (excluding diaryl/α,β-unsaturated/α-hetero) is 2. The van der Waals surface area contributed by atoms with E-state index in [0.717, 1.165) is 7.11 Å². The summed E-state index contributed by atoms with van der Waals surface area (Å²) in [7, 11) is 2.66. The van der Waals surface area contributed by atoms with Crippen molar-refractivity contribution in [3.05, 3.63) is 28.8 Å². The van der Waals surface area contributed by atoms with Crippen molar-refractivity contribution in [3.63, 3.8) is 0 Å². The summed E-state index contributed by atoms with van der Waals surface area (Å²) in [6, 6.07) is 3.38. The number of ketones is 2. The number of rotatable bonds is 2. The molecular formula is C19H18O7. The fourth-order valence-electron chi connectivity index (χ4n) is 4.95. The van der Waals surface area contributed by atoms with Gasteiger partial charge in [-0.05, 0) is 30.2 Å². The molecule has 0 spiro atoms. The van der Waals surface area contributed by atoms with Gasteiger partial charge in [-0.15, -0.1) is 0 Å². The van der Waals surface area contributed by atoms with E-state index < -0.39 is 47.0 Å². The van der Waals surface area contributed by atoms with Gasteiger partial charge in [-0.3, -0.25) is 19.2 Å². The zero-order valence-corrected chi connectivity index (χ0v) is 14.8. The first-order valence-corrected chi connectivity index (χ1v) is 8.36. The van der Waals surface area contributed by atoms with E-state index in [1.165, 1.54) is 14.0 Å². The van der Waals surface area contributed by atoms with Crippen LogP contribution in [0.5, 0.6) is 5.75 Å². The van der Waals surface area contributed by atoms with Gasteiger partial charge in [-0.25, -0.2) is 0 Å². The standard InChI is InChI=1S/C19H18O7/c1-7-5-9(24-3)6-10-11(7)15(21)12-13(10)19(17(22)25-4)8(2)14(20)16(12)26-18(19)23/h5-6,8,12-13,16H,1-4H3/t8-,12+,13+,16+,19+/m0/s1. The van der Waals surface area contributed by atoms with Crippen LogP contribution in [0.1, 0.15) is 34.3 Å². The highest BCUT2D eigenvalue weighted by Gasteiger charge is 2.75. The maximum absolute atomic E-state index is 13.1. The molecule has 0 radical (unpaired) electrons. The predicted octanol–water partition coefficient (Wildman–Crippen LogP) is 1.20. The SMILES string of the molecule is COC(=O)[C@@]12C(=O)O[C@@H](C(=O)[C@@H]1C)[C@H]1C(=O)c3c(C)cc(OC)cc3[C@H]12. The Hall–Kier alpha value is -2.70. The molecular weight excluding hydrogens is 340 g/mol. The summed E-state index contributed by atoms with van der Waals surface area (Å²) in [6.45, 7) is 3.29. The largest absolute Gasteiger partial charge is 0.497 e. The van der Waals surface area contributed by atoms with Crippen LogP contribution < -0.4 is 4.74 Å². The number of carbonyl (C=O) groups is 4. The fraction of sp³-hybridized carbons (Fsp3) is 0.474. The number of fused-ring (bicyclic) bond motifs is 3. The van der Waals surface area contributed by atoms with Gasteiger partial charge >= 0.3 is 11.9 Å². The Balaban J connectivity index is 2.06. The van der Waals surface area contributed by atoms with E-state index in [1.54, 1.807) is 19.1 Å². The second-order valence-electron chi connectivity index (χ2n) is 7.09. The number of methoxy groups -OCH3 is 2. The summed E-state index contributed by atoms with van der Waals surface area (Å²) < 4.78 is 15.5. The van der Waals surface area contributed by atoms with E-state index in [0.29, 0.717) is 22.4 Å². The summed E-state index contributed by atoms with van der Waals surface area (Å²) in [5, 5.41) is 0. The van der Waals surface area contributed by atoms with Crippen LogP contribution in [0.2, 0.25) is 0 Å². The molecule has 2 aliphatic heterocycles. The van der Waals surface area contributed by atoms with Crippen molar-refractivity contribution >= 4 is 23.5 Å². The highest BCUT2D eigenvalue weighted by molar-refractivity contribution is 6.18. The molecule has 0 N–H and O–H groups in total. The molecule has 26 heavy (non-hydrogen) atoms. The van der Waals surface area contributed by atoms with Crippen LogP contribution >= 0.6 is 0 Å². The summed E-state index contributed by atoms with van der Waals surface area (Å²) in [5.74, 6) is -4.47. The topological polar surface area (TPSA) is 96.0 Å². The Bertz CT molecular complexity index is 876. The van der Waals surface area contributed by atoms with Crippen molar-refractivity contribution < 1.29 is 33.4 Å². The van der Waals surface area contributed by atoms with Gasteiger partial charge in [0.1, 0.15) is 5.75 Å². The van der Waals surface area contributed by atoms with Gasteiger partial charge in [-0.2, -0.15) is 0 Å². The van der Waals surface area contributed by atoms with Gasteiger partial charge in [0.2, 0.25) is 0 Å². The first-order chi connectivity index (χ1) is 12.3. The number of aryl methyl sites for hydroxylation is 1. The lowest BCUT2D eigenvalue weighted by Gasteiger charge is -2.51. The minimum atomic E-state index is -1.86. The minimum absolute atomic E-state index is 0.281. The van der Waals surface area contributed by atoms with E-state index in [4.69, 9.17) is 14.2 Å². The van der Waals surface area contributed by atoms with Gasteiger partial charge < -0.3 is 14.2 Å². The predicted molar refractivity (Wildman–Crippen MR) is 86.8 cm³/mol. The third-order valence-electron chi connectivity index (χ3n) is 6.12. The molecule has 1 aromatic rings. The Morgan fingerprint density at radius 1 is 1.19 bits per heavy atom. The van der Waals surface area contributed by atoms with E-state index >= 15 is 0 Å². The van der Waals surface area contributed by atoms with Crippen molar-refractivity contribution in [3.8, 4) is 5.75 Å². The summed E-state index contributed by atoms with van der Waals surface area (Å²) in [5.41, 5.74) is -0.210. The van der Waals surface area contributed by atoms with Crippen LogP contribution in [0, 0.1) is 24.2 Å². The number of esters is 2. The van der Waals surface area contributed by atoms with E-state index in [-0.39, 0.29) is 5.78 Å². The van der Waals surface area contributed by atoms with Gasteiger partial charge in [0.05, 0.1) is 20.1 Å². The molecule has 4 aliphatic rings. The Labute approximate surface area is 149 Å². The molecule has 1 aromatic carbocycles. The summed E-state index contributed by atoms with van der Waals surface area (Å²) in [6.07, 6.45) is -1.17. The monoisotopic (exact) mass is 358 g/mol. The average Bonchev–Trinajstić information content (AvgIpc) is 2.92. The molecule has 0 aromatic heterocycles. The van der Waals surface area contributed by atoms with Gasteiger partial charge in [-0.1, -0.05) is 6.92 Å². The van der Waals surface area contributed by atoms with Crippen LogP contribution in [0.3, 0.4) is 0 Å². The smallest absolute Gasteiger partial charge is 0.325 e. The highest BCUT2D eigenvalue weighted by atomic mass is 16.6. The van der Waals surface area contributed by atoms with Crippen molar-refractivity contribution in [1.29, 1.82) is 0 Å². The maximum atomic E-state index is 13.1. The molecule has 7 heteroatoms. The van der Waals surface area contributed by atoms with Crippen LogP contribution in [0.15, 0.2) is 12.1 Å². The first kappa shape index (κ1) is 16.8. The van der Waals surface area contributed by atoms with E-state index in [9.17, 15) is 19.2 Å². The molecule has 7 nitrogen and oxygen atoms in total. The van der Waals surface area contributed by atoms with Crippen molar-refractivity contribution in [2.24, 2.45) is 17.3 Å². The molecule has 2 aliphatic carbocycles. The van der Waals surface area contributed by atoms with Crippen LogP contribution in [0.25, 0.3) is 0 Å². The molecule has 2 saturated heterocycles.